The molecule has 3 rings (SSSR count). The van der Waals surface area contributed by atoms with Crippen LogP contribution in [0.2, 0.25) is 0 Å². The first-order valence-corrected chi connectivity index (χ1v) is 6.60. The second-order valence-electron chi connectivity index (χ2n) is 4.82. The molecule has 1 aromatic carbocycles. The molecule has 1 amide bonds. The lowest BCUT2D eigenvalue weighted by atomic mass is 10.2. The van der Waals surface area contributed by atoms with Crippen LogP contribution in [-0.4, -0.2) is 49.0 Å². The minimum Gasteiger partial charge on any atom is -0.485 e. The molecule has 1 fully saturated rings. The first-order chi connectivity index (χ1) is 11.2. The van der Waals surface area contributed by atoms with E-state index in [1.54, 1.807) is 0 Å². The maximum absolute atomic E-state index is 13.7. The van der Waals surface area contributed by atoms with Crippen LogP contribution in [0.5, 0.6) is 11.5 Å². The van der Waals surface area contributed by atoms with Crippen molar-refractivity contribution in [1.29, 1.82) is 0 Å². The predicted molar refractivity (Wildman–Crippen MR) is 71.5 cm³/mol. The van der Waals surface area contributed by atoms with Gasteiger partial charge in [0.1, 0.15) is 11.9 Å². The highest BCUT2D eigenvalue weighted by Gasteiger charge is 2.38. The summed E-state index contributed by atoms with van der Waals surface area (Å²) >= 11 is 0. The van der Waals surface area contributed by atoms with Gasteiger partial charge >= 0.3 is 12.1 Å². The third-order valence-electron chi connectivity index (χ3n) is 2.95. The van der Waals surface area contributed by atoms with Crippen LogP contribution in [0.1, 0.15) is 0 Å². The van der Waals surface area contributed by atoms with Crippen molar-refractivity contribution in [3.63, 3.8) is 0 Å². The van der Waals surface area contributed by atoms with E-state index in [-0.39, 0.29) is 24.4 Å². The van der Waals surface area contributed by atoms with E-state index in [4.69, 9.17) is 19.4 Å². The lowest BCUT2D eigenvalue weighted by Gasteiger charge is -2.28. The number of fused-ring (bicyclic) bond motifs is 1. The van der Waals surface area contributed by atoms with E-state index in [2.05, 4.69) is 10.6 Å². The van der Waals surface area contributed by atoms with Gasteiger partial charge in [0.15, 0.2) is 18.2 Å². The molecule has 0 spiro atoms. The maximum atomic E-state index is 13.7. The summed E-state index contributed by atoms with van der Waals surface area (Å²) in [5, 5.41) is 12.8. The van der Waals surface area contributed by atoms with Crippen molar-refractivity contribution < 1.29 is 41.7 Å². The number of hydrogen-bond donors (Lipinski definition) is 3. The normalized spacial score (nSPS) is 16.6. The zero-order chi connectivity index (χ0) is 17.9. The van der Waals surface area contributed by atoms with Crippen molar-refractivity contribution >= 4 is 17.6 Å². The zero-order valence-corrected chi connectivity index (χ0v) is 11.9. The average Bonchev–Trinajstić information content (AvgIpc) is 2.43. The van der Waals surface area contributed by atoms with Gasteiger partial charge < -0.3 is 25.2 Å². The van der Waals surface area contributed by atoms with Crippen LogP contribution in [0.3, 0.4) is 0 Å². The number of ether oxygens (including phenoxy) is 2. The van der Waals surface area contributed by atoms with E-state index in [1.807, 2.05) is 0 Å². The van der Waals surface area contributed by atoms with Crippen molar-refractivity contribution in [3.05, 3.63) is 17.9 Å². The summed E-state index contributed by atoms with van der Waals surface area (Å²) < 4.78 is 55.9. The molecule has 3 N–H and O–H groups in total. The summed E-state index contributed by atoms with van der Waals surface area (Å²) in [4.78, 5) is 20.0. The lowest BCUT2D eigenvalue weighted by molar-refractivity contribution is -0.192. The molecule has 2 heterocycles. The Hall–Kier alpha value is -2.56. The number of carboxylic acid groups (broad SMARTS) is 1. The van der Waals surface area contributed by atoms with Gasteiger partial charge in [0.05, 0.1) is 5.69 Å². The number of nitrogens with one attached hydrogen (secondary N) is 2. The van der Waals surface area contributed by atoms with Crippen LogP contribution in [0.25, 0.3) is 0 Å². The van der Waals surface area contributed by atoms with E-state index in [1.165, 1.54) is 12.1 Å². The van der Waals surface area contributed by atoms with Crippen LogP contribution in [0.4, 0.5) is 23.2 Å². The van der Waals surface area contributed by atoms with Crippen molar-refractivity contribution in [3.8, 4) is 11.5 Å². The maximum Gasteiger partial charge on any atom is 0.490 e. The SMILES string of the molecule is O=C(O)C(F)(F)F.O=C1COc2cc(F)c(OC3CNC3)cc2N1. The molecule has 0 aliphatic carbocycles. The minimum absolute atomic E-state index is 0.0113. The fraction of sp³-hybridized carbons (Fsp3) is 0.385. The monoisotopic (exact) mass is 352 g/mol. The highest BCUT2D eigenvalue weighted by Crippen LogP contribution is 2.34. The van der Waals surface area contributed by atoms with Gasteiger partial charge in [0, 0.05) is 25.2 Å². The number of aliphatic carboxylic acids is 1. The molecule has 0 unspecified atom stereocenters. The van der Waals surface area contributed by atoms with Gasteiger partial charge in [-0.25, -0.2) is 9.18 Å². The third kappa shape index (κ3) is 4.47. The van der Waals surface area contributed by atoms with Crippen LogP contribution < -0.4 is 20.1 Å². The topological polar surface area (TPSA) is 96.9 Å². The summed E-state index contributed by atoms with van der Waals surface area (Å²) in [6.07, 6.45) is -5.09. The molecule has 0 bridgehead atoms. The molecule has 7 nitrogen and oxygen atoms in total. The number of hydrogen-bond acceptors (Lipinski definition) is 5. The number of alkyl halides is 3. The zero-order valence-electron chi connectivity index (χ0n) is 11.9. The Labute approximate surface area is 132 Å². The number of benzene rings is 1. The Morgan fingerprint density at radius 3 is 2.46 bits per heavy atom. The molecule has 24 heavy (non-hydrogen) atoms. The summed E-state index contributed by atoms with van der Waals surface area (Å²) in [6.45, 7) is 1.33. The molecular weight excluding hydrogens is 340 g/mol. The van der Waals surface area contributed by atoms with Gasteiger partial charge in [0.25, 0.3) is 5.91 Å². The van der Waals surface area contributed by atoms with Crippen LogP contribution >= 0.6 is 0 Å². The number of amides is 1. The van der Waals surface area contributed by atoms with Crippen molar-refractivity contribution in [2.24, 2.45) is 0 Å². The van der Waals surface area contributed by atoms with E-state index in [0.29, 0.717) is 24.5 Å². The summed E-state index contributed by atoms with van der Waals surface area (Å²) in [5.41, 5.74) is 0.449. The minimum atomic E-state index is -5.08. The Kier molecular flexibility index (Phi) is 5.12. The largest absolute Gasteiger partial charge is 0.490 e. The van der Waals surface area contributed by atoms with Crippen LogP contribution in [-0.2, 0) is 9.59 Å². The number of carbonyl (C=O) groups excluding carboxylic acids is 1. The van der Waals surface area contributed by atoms with Crippen molar-refractivity contribution in [1.82, 2.24) is 5.32 Å². The molecule has 132 valence electrons. The Bertz CT molecular complexity index is 646. The highest BCUT2D eigenvalue weighted by molar-refractivity contribution is 5.95. The smallest absolute Gasteiger partial charge is 0.485 e. The molecule has 0 saturated carbocycles. The molecule has 11 heteroatoms. The Balaban J connectivity index is 0.000000256. The Morgan fingerprint density at radius 2 is 1.96 bits per heavy atom. The number of halogens is 4. The molecule has 0 atom stereocenters. The van der Waals surface area contributed by atoms with Crippen molar-refractivity contribution in [2.75, 3.05) is 25.0 Å². The van der Waals surface area contributed by atoms with Crippen molar-refractivity contribution in [2.45, 2.75) is 12.3 Å². The number of carbonyl (C=O) groups is 2. The van der Waals surface area contributed by atoms with Crippen LogP contribution in [0.15, 0.2) is 12.1 Å². The van der Waals surface area contributed by atoms with Gasteiger partial charge in [-0.1, -0.05) is 0 Å². The van der Waals surface area contributed by atoms with Gasteiger partial charge in [-0.15, -0.1) is 0 Å². The summed E-state index contributed by atoms with van der Waals surface area (Å²) in [6, 6.07) is 2.69. The lowest BCUT2D eigenvalue weighted by Crippen LogP contribution is -2.50. The number of anilines is 1. The average molecular weight is 352 g/mol. The van der Waals surface area contributed by atoms with E-state index in [9.17, 15) is 22.4 Å². The molecule has 2 aliphatic heterocycles. The molecule has 1 aromatic rings. The predicted octanol–water partition coefficient (Wildman–Crippen LogP) is 1.14. The quantitative estimate of drug-likeness (QED) is 0.691. The molecular formula is C13H12F4N2O5. The third-order valence-corrected chi connectivity index (χ3v) is 2.95. The van der Waals surface area contributed by atoms with Gasteiger partial charge in [0.2, 0.25) is 0 Å². The van der Waals surface area contributed by atoms with Gasteiger partial charge in [-0.05, 0) is 0 Å². The fourth-order valence-electron chi connectivity index (χ4n) is 1.70. The first-order valence-electron chi connectivity index (χ1n) is 6.60. The van der Waals surface area contributed by atoms with E-state index < -0.39 is 18.0 Å². The number of carboxylic acids is 1. The van der Waals surface area contributed by atoms with E-state index in [0.717, 1.165) is 0 Å². The summed E-state index contributed by atoms with van der Waals surface area (Å²) in [7, 11) is 0. The van der Waals surface area contributed by atoms with E-state index >= 15 is 0 Å². The van der Waals surface area contributed by atoms with Crippen LogP contribution in [0, 0.1) is 5.82 Å². The second-order valence-corrected chi connectivity index (χ2v) is 4.82. The molecule has 1 saturated heterocycles. The Morgan fingerprint density at radius 1 is 1.33 bits per heavy atom. The summed E-state index contributed by atoms with van der Waals surface area (Å²) in [5.74, 6) is -3.01. The second kappa shape index (κ2) is 6.91. The molecule has 2 aliphatic rings. The van der Waals surface area contributed by atoms with Gasteiger partial charge in [-0.3, -0.25) is 4.79 Å². The van der Waals surface area contributed by atoms with Gasteiger partial charge in [-0.2, -0.15) is 13.2 Å². The first kappa shape index (κ1) is 17.8. The standard InChI is InChI=1S/C11H11FN2O3.C2HF3O2/c12-7-1-10-8(14-11(15)5-16-10)2-9(7)17-6-3-13-4-6;3-2(4,5)1(6)7/h1-2,6,13H,3-5H2,(H,14,15);(H,6,7). The number of rotatable bonds is 2. The fourth-order valence-corrected chi connectivity index (χ4v) is 1.70. The molecule has 0 radical (unpaired) electrons. The molecule has 0 aromatic heterocycles. The highest BCUT2D eigenvalue weighted by atomic mass is 19.4.